The van der Waals surface area contributed by atoms with Crippen LogP contribution in [0.25, 0.3) is 5.41 Å². The fourth-order valence-corrected chi connectivity index (χ4v) is 0.676. The minimum Gasteiger partial charge on any atom is -0.762 e. The maximum Gasteiger partial charge on any atom is 0.129 e. The summed E-state index contributed by atoms with van der Waals surface area (Å²) in [6.45, 7) is 1.60. The molecule has 0 saturated heterocycles. The van der Waals surface area contributed by atoms with Crippen LogP contribution in [0, 0.1) is 34.0 Å². The number of hydrogen-bond donors (Lipinski definition) is 0. The van der Waals surface area contributed by atoms with Crippen LogP contribution in [-0.2, 0) is 0 Å². The van der Waals surface area contributed by atoms with Gasteiger partial charge in [0.1, 0.15) is 23.8 Å². The van der Waals surface area contributed by atoms with Crippen LogP contribution >= 0.6 is 0 Å². The normalized spacial score (nSPS) is 8.57. The fourth-order valence-electron chi connectivity index (χ4n) is 0.676. The molecule has 0 radical (unpaired) electrons. The molecule has 0 fully saturated rings. The smallest absolute Gasteiger partial charge is 0.129 e. The van der Waals surface area contributed by atoms with Crippen LogP contribution in [0.5, 0.6) is 0 Å². The minimum absolute atomic E-state index is 0.0611. The molecule has 0 heterocycles. The third-order valence-electron chi connectivity index (χ3n) is 1.23. The van der Waals surface area contributed by atoms with Gasteiger partial charge in [0, 0.05) is 0 Å². The number of nitriles is 3. The van der Waals surface area contributed by atoms with E-state index < -0.39 is 0 Å². The van der Waals surface area contributed by atoms with Gasteiger partial charge < -0.3 is 5.41 Å². The summed E-state index contributed by atoms with van der Waals surface area (Å²) in [5, 5.41) is 33.7. The van der Waals surface area contributed by atoms with Gasteiger partial charge in [-0.15, -0.1) is 0 Å². The van der Waals surface area contributed by atoms with Gasteiger partial charge in [0.05, 0.1) is 5.57 Å². The van der Waals surface area contributed by atoms with Gasteiger partial charge in [-0.1, -0.05) is 0 Å². The predicted octanol–water partition coefficient (Wildman–Crippen LogP) is 1.60. The van der Waals surface area contributed by atoms with E-state index in [0.717, 1.165) is 0 Å². The Morgan fingerprint density at radius 3 is 2.00 bits per heavy atom. The van der Waals surface area contributed by atoms with E-state index in [2.05, 4.69) is 0 Å². The zero-order chi connectivity index (χ0) is 11.0. The molecule has 0 bridgehead atoms. The molecule has 0 aliphatic heterocycles. The van der Waals surface area contributed by atoms with Gasteiger partial charge in [0.25, 0.3) is 0 Å². The molecule has 14 heavy (non-hydrogen) atoms. The van der Waals surface area contributed by atoms with Crippen molar-refractivity contribution in [2.45, 2.75) is 6.92 Å². The Hall–Kier alpha value is -2.60. The van der Waals surface area contributed by atoms with Crippen LogP contribution in [-0.4, -0.2) is 5.87 Å². The monoisotopic (exact) mass is 181 g/mol. The van der Waals surface area contributed by atoms with E-state index in [0.29, 0.717) is 5.57 Å². The summed E-state index contributed by atoms with van der Waals surface area (Å²) in [5.41, 5.74) is 0.393. The van der Waals surface area contributed by atoms with Crippen LogP contribution in [0.4, 0.5) is 0 Å². The lowest BCUT2D eigenvalue weighted by Gasteiger charge is -1.90. The van der Waals surface area contributed by atoms with Gasteiger partial charge in [0.2, 0.25) is 0 Å². The number of hydrogen-bond acceptors (Lipinski definition) is 3. The molecular weight excluding hydrogens is 176 g/mol. The molecule has 0 aromatic carbocycles. The van der Waals surface area contributed by atoms with E-state index >= 15 is 0 Å². The second kappa shape index (κ2) is 5.98. The van der Waals surface area contributed by atoms with Crippen molar-refractivity contribution in [1.82, 2.24) is 0 Å². The van der Waals surface area contributed by atoms with E-state index in [4.69, 9.17) is 21.2 Å². The molecule has 4 heteroatoms. The molecule has 0 unspecified atom stereocenters. The van der Waals surface area contributed by atoms with Crippen molar-refractivity contribution in [3.63, 3.8) is 0 Å². The molecular formula is C10H5N4-. The molecule has 0 aromatic heterocycles. The van der Waals surface area contributed by atoms with E-state index in [1.54, 1.807) is 31.0 Å². The van der Waals surface area contributed by atoms with Gasteiger partial charge in [-0.25, -0.2) is 0 Å². The summed E-state index contributed by atoms with van der Waals surface area (Å²) < 4.78 is 0. The van der Waals surface area contributed by atoms with E-state index in [1.165, 1.54) is 12.2 Å². The second-order valence-electron chi connectivity index (χ2n) is 2.31. The first-order chi connectivity index (χ1) is 6.67. The van der Waals surface area contributed by atoms with Gasteiger partial charge in [-0.3, -0.25) is 5.87 Å². The van der Waals surface area contributed by atoms with Crippen LogP contribution in [0.3, 0.4) is 0 Å². The third kappa shape index (κ3) is 3.69. The van der Waals surface area contributed by atoms with Crippen molar-refractivity contribution in [2.75, 3.05) is 0 Å². The quantitative estimate of drug-likeness (QED) is 0.367. The van der Waals surface area contributed by atoms with E-state index in [-0.39, 0.29) is 11.1 Å². The Morgan fingerprint density at radius 2 is 1.64 bits per heavy atom. The van der Waals surface area contributed by atoms with Crippen LogP contribution in [0.15, 0.2) is 28.9 Å². The van der Waals surface area contributed by atoms with Crippen molar-refractivity contribution in [2.24, 2.45) is 0 Å². The van der Waals surface area contributed by atoms with Crippen LogP contribution in [0.1, 0.15) is 6.92 Å². The summed E-state index contributed by atoms with van der Waals surface area (Å²) in [6, 6.07) is 5.03. The zero-order valence-corrected chi connectivity index (χ0v) is 7.44. The first-order valence-electron chi connectivity index (χ1n) is 3.55. The molecule has 0 rings (SSSR count). The first kappa shape index (κ1) is 11.4. The Labute approximate surface area is 81.8 Å². The van der Waals surface area contributed by atoms with Crippen molar-refractivity contribution in [3.8, 4) is 18.2 Å². The summed E-state index contributed by atoms with van der Waals surface area (Å²) in [6.07, 6.45) is 2.63. The summed E-state index contributed by atoms with van der Waals surface area (Å²) in [4.78, 5) is 0. The fraction of sp³-hybridized carbons (Fsp3) is 0.100. The third-order valence-corrected chi connectivity index (χ3v) is 1.23. The van der Waals surface area contributed by atoms with Crippen molar-refractivity contribution < 1.29 is 0 Å². The zero-order valence-electron chi connectivity index (χ0n) is 7.44. The highest BCUT2D eigenvalue weighted by Crippen LogP contribution is 2.03. The molecule has 0 aliphatic carbocycles. The summed E-state index contributed by atoms with van der Waals surface area (Å²) >= 11 is 0. The lowest BCUT2D eigenvalue weighted by molar-refractivity contribution is 1.42. The molecule has 0 aromatic rings. The summed E-state index contributed by atoms with van der Waals surface area (Å²) in [5.74, 6) is 1.68. The highest BCUT2D eigenvalue weighted by molar-refractivity contribution is 5.70. The average Bonchev–Trinajstić information content (AvgIpc) is 2.22. The topological polar surface area (TPSA) is 93.7 Å². The molecule has 4 nitrogen and oxygen atoms in total. The van der Waals surface area contributed by atoms with Crippen molar-refractivity contribution >= 4 is 5.87 Å². The van der Waals surface area contributed by atoms with Gasteiger partial charge in [0.15, 0.2) is 0 Å². The molecule has 0 spiro atoms. The summed E-state index contributed by atoms with van der Waals surface area (Å²) in [7, 11) is 0. The minimum atomic E-state index is -0.0611. The number of allylic oxidation sites excluding steroid dienone is 5. The Balaban J connectivity index is 5.05. The van der Waals surface area contributed by atoms with E-state index in [9.17, 15) is 0 Å². The Morgan fingerprint density at radius 1 is 1.07 bits per heavy atom. The van der Waals surface area contributed by atoms with Gasteiger partial charge in [-0.2, -0.15) is 15.8 Å². The van der Waals surface area contributed by atoms with Crippen LogP contribution < -0.4 is 0 Å². The van der Waals surface area contributed by atoms with Crippen molar-refractivity contribution in [3.05, 3.63) is 34.3 Å². The second-order valence-corrected chi connectivity index (χ2v) is 2.31. The molecule has 0 aliphatic rings. The SMILES string of the molecule is C/C(C=C(C#N)C#N)=C\C(=C=[N-])C#N. The highest BCUT2D eigenvalue weighted by Gasteiger charge is 1.93. The molecule has 0 saturated carbocycles. The first-order valence-corrected chi connectivity index (χ1v) is 3.55. The molecule has 0 atom stereocenters. The molecule has 0 amide bonds. The highest BCUT2D eigenvalue weighted by atomic mass is 14.3. The maximum absolute atomic E-state index is 8.42. The molecule has 66 valence electrons. The van der Waals surface area contributed by atoms with Gasteiger partial charge in [-0.05, 0) is 24.6 Å². The lowest BCUT2D eigenvalue weighted by Crippen LogP contribution is -1.78. The average molecular weight is 181 g/mol. The largest absolute Gasteiger partial charge is 0.762 e. The number of rotatable bonds is 2. The van der Waals surface area contributed by atoms with Crippen LogP contribution in [0.2, 0.25) is 0 Å². The van der Waals surface area contributed by atoms with Gasteiger partial charge >= 0.3 is 0 Å². The van der Waals surface area contributed by atoms with Crippen molar-refractivity contribution in [1.29, 1.82) is 15.8 Å². The lowest BCUT2D eigenvalue weighted by atomic mass is 10.1. The standard InChI is InChI=1S/C10H5N4/c1-8(2-9(4-11)5-12)3-10(6-13)7-14/h2-3H,1H3/q-1/b8-2+. The maximum atomic E-state index is 8.42. The number of nitrogens with zero attached hydrogens (tertiary/aromatic N) is 4. The predicted molar refractivity (Wildman–Crippen MR) is 50.6 cm³/mol. The Bertz CT molecular complexity index is 438. The molecule has 0 N–H and O–H groups in total. The Kier molecular flexibility index (Phi) is 4.87. The van der Waals surface area contributed by atoms with E-state index in [1.807, 2.05) is 0 Å².